The largest absolute Gasteiger partial charge is 0.396 e. The number of aliphatic hydroxyl groups is 1. The number of hydrogen-bond donors (Lipinski definition) is 2. The summed E-state index contributed by atoms with van der Waals surface area (Å²) >= 11 is 0. The Labute approximate surface area is 92.5 Å². The molecule has 0 aliphatic heterocycles. The molecule has 0 fully saturated rings. The van der Waals surface area contributed by atoms with Crippen molar-refractivity contribution in [1.82, 2.24) is 0 Å². The van der Waals surface area contributed by atoms with Gasteiger partial charge in [-0.25, -0.2) is 0 Å². The van der Waals surface area contributed by atoms with Crippen molar-refractivity contribution in [3.05, 3.63) is 35.9 Å². The molecule has 1 rings (SSSR count). The molecule has 2 nitrogen and oxygen atoms in total. The Morgan fingerprint density at radius 3 is 2.00 bits per heavy atom. The lowest BCUT2D eigenvalue weighted by atomic mass is 10.2. The van der Waals surface area contributed by atoms with Gasteiger partial charge >= 0.3 is 0 Å². The predicted octanol–water partition coefficient (Wildman–Crippen LogP) is 2.35. The van der Waals surface area contributed by atoms with Gasteiger partial charge in [-0.15, -0.1) is 12.4 Å². The summed E-state index contributed by atoms with van der Waals surface area (Å²) in [5.41, 5.74) is 6.54. The van der Waals surface area contributed by atoms with Crippen LogP contribution in [-0.2, 0) is 6.54 Å². The van der Waals surface area contributed by atoms with Gasteiger partial charge in [0.2, 0.25) is 0 Å². The summed E-state index contributed by atoms with van der Waals surface area (Å²) in [5.74, 6) is 0. The van der Waals surface area contributed by atoms with E-state index in [0.717, 1.165) is 12.8 Å². The van der Waals surface area contributed by atoms with Crippen LogP contribution >= 0.6 is 12.4 Å². The molecule has 3 heteroatoms. The first kappa shape index (κ1) is 15.9. The van der Waals surface area contributed by atoms with Gasteiger partial charge in [-0.2, -0.15) is 0 Å². The van der Waals surface area contributed by atoms with Gasteiger partial charge in [0.15, 0.2) is 0 Å². The Balaban J connectivity index is 0. The zero-order chi connectivity index (χ0) is 9.94. The second kappa shape index (κ2) is 12.4. The molecule has 0 radical (unpaired) electrons. The Hall–Kier alpha value is -0.570. The number of halogens is 1. The summed E-state index contributed by atoms with van der Waals surface area (Å²) < 4.78 is 0. The Bertz CT molecular complexity index is 190. The first-order valence-corrected chi connectivity index (χ1v) is 4.70. The summed E-state index contributed by atoms with van der Waals surface area (Å²) in [6, 6.07) is 9.99. The molecular weight excluding hydrogens is 198 g/mol. The van der Waals surface area contributed by atoms with E-state index < -0.39 is 0 Å². The normalized spacial score (nSPS) is 8.21. The maximum Gasteiger partial charge on any atom is 0.0430 e. The average molecular weight is 218 g/mol. The van der Waals surface area contributed by atoms with Crippen LogP contribution in [0.15, 0.2) is 30.3 Å². The molecule has 0 heterocycles. The minimum absolute atomic E-state index is 0. The van der Waals surface area contributed by atoms with E-state index >= 15 is 0 Å². The first-order valence-electron chi connectivity index (χ1n) is 4.70. The number of hydrogen-bond acceptors (Lipinski definition) is 2. The van der Waals surface area contributed by atoms with Crippen molar-refractivity contribution in [2.45, 2.75) is 26.3 Å². The standard InChI is InChI=1S/C7H9N.C4H10O.ClH/c8-6-7-4-2-1-3-5-7;1-2-3-4-5;/h1-5H,6,8H2;5H,2-4H2,1H3;1H. The second-order valence-electron chi connectivity index (χ2n) is 2.77. The lowest BCUT2D eigenvalue weighted by molar-refractivity contribution is 0.287. The third-order valence-corrected chi connectivity index (χ3v) is 1.59. The van der Waals surface area contributed by atoms with Crippen LogP contribution in [0.4, 0.5) is 0 Å². The van der Waals surface area contributed by atoms with Crippen LogP contribution in [0.2, 0.25) is 0 Å². The van der Waals surface area contributed by atoms with Gasteiger partial charge in [-0.05, 0) is 12.0 Å². The minimum atomic E-state index is 0. The van der Waals surface area contributed by atoms with Gasteiger partial charge in [-0.1, -0.05) is 43.7 Å². The third-order valence-electron chi connectivity index (χ3n) is 1.59. The number of aliphatic hydroxyl groups excluding tert-OH is 1. The summed E-state index contributed by atoms with van der Waals surface area (Å²) in [6.45, 7) is 3.04. The van der Waals surface area contributed by atoms with Gasteiger partial charge in [0.05, 0.1) is 0 Å². The molecule has 0 atom stereocenters. The van der Waals surface area contributed by atoms with E-state index in [0.29, 0.717) is 13.2 Å². The summed E-state index contributed by atoms with van der Waals surface area (Å²) in [4.78, 5) is 0. The van der Waals surface area contributed by atoms with E-state index in [1.54, 1.807) is 0 Å². The third kappa shape index (κ3) is 9.52. The fourth-order valence-electron chi connectivity index (χ4n) is 0.772. The molecular formula is C11H20ClNO. The molecule has 0 saturated heterocycles. The number of unbranched alkanes of at least 4 members (excludes halogenated alkanes) is 1. The fraction of sp³-hybridized carbons (Fsp3) is 0.455. The van der Waals surface area contributed by atoms with Crippen LogP contribution in [0.25, 0.3) is 0 Å². The Kier molecular flexibility index (Phi) is 14.1. The highest BCUT2D eigenvalue weighted by Gasteiger charge is 1.80. The SMILES string of the molecule is CCCCO.Cl.NCc1ccccc1. The molecule has 0 saturated carbocycles. The molecule has 82 valence electrons. The van der Waals surface area contributed by atoms with E-state index in [1.165, 1.54) is 5.56 Å². The van der Waals surface area contributed by atoms with Gasteiger partial charge < -0.3 is 10.8 Å². The first-order chi connectivity index (χ1) is 6.35. The Morgan fingerprint density at radius 1 is 1.21 bits per heavy atom. The van der Waals surface area contributed by atoms with E-state index in [-0.39, 0.29) is 12.4 Å². The lowest BCUT2D eigenvalue weighted by Gasteiger charge is -1.90. The summed E-state index contributed by atoms with van der Waals surface area (Å²) in [5, 5.41) is 8.07. The van der Waals surface area contributed by atoms with Crippen LogP contribution in [-0.4, -0.2) is 11.7 Å². The van der Waals surface area contributed by atoms with E-state index in [1.807, 2.05) is 30.3 Å². The number of nitrogens with two attached hydrogens (primary N) is 1. The molecule has 1 aromatic carbocycles. The highest BCUT2D eigenvalue weighted by Crippen LogP contribution is 1.94. The monoisotopic (exact) mass is 217 g/mol. The summed E-state index contributed by atoms with van der Waals surface area (Å²) in [7, 11) is 0. The molecule has 0 bridgehead atoms. The lowest BCUT2D eigenvalue weighted by Crippen LogP contribution is -1.94. The number of benzene rings is 1. The smallest absolute Gasteiger partial charge is 0.0430 e. The van der Waals surface area contributed by atoms with Gasteiger partial charge in [0, 0.05) is 13.2 Å². The van der Waals surface area contributed by atoms with Gasteiger partial charge in [-0.3, -0.25) is 0 Å². The van der Waals surface area contributed by atoms with Gasteiger partial charge in [0.25, 0.3) is 0 Å². The molecule has 0 aliphatic rings. The van der Waals surface area contributed by atoms with Crippen LogP contribution in [0.3, 0.4) is 0 Å². The minimum Gasteiger partial charge on any atom is -0.396 e. The molecule has 1 aromatic rings. The molecule has 3 N–H and O–H groups in total. The van der Waals surface area contributed by atoms with Crippen molar-refractivity contribution < 1.29 is 5.11 Å². The Morgan fingerprint density at radius 2 is 1.79 bits per heavy atom. The molecule has 0 unspecified atom stereocenters. The van der Waals surface area contributed by atoms with Crippen molar-refractivity contribution in [3.63, 3.8) is 0 Å². The van der Waals surface area contributed by atoms with Crippen LogP contribution < -0.4 is 5.73 Å². The van der Waals surface area contributed by atoms with Crippen molar-refractivity contribution in [1.29, 1.82) is 0 Å². The molecule has 0 spiro atoms. The van der Waals surface area contributed by atoms with Crippen molar-refractivity contribution in [2.75, 3.05) is 6.61 Å². The maximum atomic E-state index is 8.07. The zero-order valence-electron chi connectivity index (χ0n) is 8.65. The fourth-order valence-corrected chi connectivity index (χ4v) is 0.772. The highest BCUT2D eigenvalue weighted by molar-refractivity contribution is 5.85. The molecule has 14 heavy (non-hydrogen) atoms. The van der Waals surface area contributed by atoms with Crippen molar-refractivity contribution in [2.24, 2.45) is 5.73 Å². The molecule has 0 aromatic heterocycles. The highest BCUT2D eigenvalue weighted by atomic mass is 35.5. The number of rotatable bonds is 3. The molecule has 0 aliphatic carbocycles. The van der Waals surface area contributed by atoms with Crippen LogP contribution in [0.1, 0.15) is 25.3 Å². The van der Waals surface area contributed by atoms with Crippen LogP contribution in [0, 0.1) is 0 Å². The molecule has 0 amide bonds. The van der Waals surface area contributed by atoms with Crippen molar-refractivity contribution >= 4 is 12.4 Å². The van der Waals surface area contributed by atoms with Crippen molar-refractivity contribution in [3.8, 4) is 0 Å². The van der Waals surface area contributed by atoms with Gasteiger partial charge in [0.1, 0.15) is 0 Å². The zero-order valence-corrected chi connectivity index (χ0v) is 9.46. The topological polar surface area (TPSA) is 46.2 Å². The van der Waals surface area contributed by atoms with E-state index in [2.05, 4.69) is 6.92 Å². The second-order valence-corrected chi connectivity index (χ2v) is 2.77. The van der Waals surface area contributed by atoms with E-state index in [9.17, 15) is 0 Å². The average Bonchev–Trinajstić information content (AvgIpc) is 2.21. The predicted molar refractivity (Wildman–Crippen MR) is 63.6 cm³/mol. The summed E-state index contributed by atoms with van der Waals surface area (Å²) in [6.07, 6.45) is 2.04. The maximum absolute atomic E-state index is 8.07. The quantitative estimate of drug-likeness (QED) is 0.817. The van der Waals surface area contributed by atoms with E-state index in [4.69, 9.17) is 10.8 Å². The van der Waals surface area contributed by atoms with Crippen LogP contribution in [0.5, 0.6) is 0 Å².